The maximum atomic E-state index is 12.0. The lowest BCUT2D eigenvalue weighted by atomic mass is 10.2. The second kappa shape index (κ2) is 5.40. The second-order valence-corrected chi connectivity index (χ2v) is 5.36. The molecule has 102 valence electrons. The van der Waals surface area contributed by atoms with Gasteiger partial charge < -0.3 is 5.32 Å². The van der Waals surface area contributed by atoms with Crippen molar-refractivity contribution in [2.45, 2.75) is 27.3 Å². The van der Waals surface area contributed by atoms with Crippen LogP contribution in [0.4, 0.5) is 5.13 Å². The lowest BCUT2D eigenvalue weighted by molar-refractivity contribution is 0.623. The summed E-state index contributed by atoms with van der Waals surface area (Å²) in [6.07, 6.45) is 1.71. The first kappa shape index (κ1) is 13.5. The van der Waals surface area contributed by atoms with Crippen molar-refractivity contribution in [3.05, 3.63) is 42.9 Å². The van der Waals surface area contributed by atoms with Gasteiger partial charge in [-0.3, -0.25) is 14.7 Å². The lowest BCUT2D eigenvalue weighted by Gasteiger charge is -2.06. The third kappa shape index (κ3) is 2.76. The van der Waals surface area contributed by atoms with E-state index in [0.717, 1.165) is 16.6 Å². The maximum absolute atomic E-state index is 12.0. The monoisotopic (exact) mass is 280 g/mol. The minimum atomic E-state index is -0.228. The van der Waals surface area contributed by atoms with Crippen LogP contribution in [0.2, 0.25) is 0 Å². The Hall–Kier alpha value is -1.89. The molecule has 6 nitrogen and oxygen atoms in total. The average molecular weight is 280 g/mol. The summed E-state index contributed by atoms with van der Waals surface area (Å²) >= 11 is 1.47. The summed E-state index contributed by atoms with van der Waals surface area (Å²) in [5, 5.41) is 6.51. The number of rotatable bonds is 4. The van der Waals surface area contributed by atoms with Crippen LogP contribution in [0, 0.1) is 13.8 Å². The van der Waals surface area contributed by atoms with Crippen molar-refractivity contribution in [2.24, 2.45) is 0 Å². The highest BCUT2D eigenvalue weighted by molar-refractivity contribution is 7.15. The zero-order valence-corrected chi connectivity index (χ0v) is 11.9. The molecule has 0 unspecified atom stereocenters. The number of nitrogens with zero attached hydrogens (tertiary/aromatic N) is 2. The summed E-state index contributed by atoms with van der Waals surface area (Å²) in [6, 6.07) is 0. The van der Waals surface area contributed by atoms with Gasteiger partial charge in [0.15, 0.2) is 5.13 Å². The molecule has 2 rings (SSSR count). The standard InChI is InChI=1S/C12H16N4O2S/c1-4-13-12-14-5-9(19-12)6-16-11(18)8(3)7(2)10(17)15-16/h5H,4,6H2,1-3H3,(H,13,14)(H,15,17). The van der Waals surface area contributed by atoms with Crippen LogP contribution in [0.1, 0.15) is 22.9 Å². The number of hydrogen-bond acceptors (Lipinski definition) is 5. The SMILES string of the molecule is CCNc1ncc(Cn2[nH]c(=O)c(C)c(C)c2=O)s1. The lowest BCUT2D eigenvalue weighted by Crippen LogP contribution is -2.33. The van der Waals surface area contributed by atoms with Crippen molar-refractivity contribution in [1.29, 1.82) is 0 Å². The number of hydrogen-bond donors (Lipinski definition) is 2. The number of aromatic amines is 1. The van der Waals surface area contributed by atoms with Gasteiger partial charge in [0.05, 0.1) is 6.54 Å². The van der Waals surface area contributed by atoms with E-state index in [9.17, 15) is 9.59 Å². The van der Waals surface area contributed by atoms with E-state index in [1.807, 2.05) is 6.92 Å². The Morgan fingerprint density at radius 3 is 2.79 bits per heavy atom. The predicted octanol–water partition coefficient (Wildman–Crippen LogP) is 1.09. The number of H-pyrrole nitrogens is 1. The molecular weight excluding hydrogens is 264 g/mol. The van der Waals surface area contributed by atoms with E-state index in [2.05, 4.69) is 15.4 Å². The van der Waals surface area contributed by atoms with Gasteiger partial charge in [-0.15, -0.1) is 11.3 Å². The van der Waals surface area contributed by atoms with Gasteiger partial charge in [-0.25, -0.2) is 9.67 Å². The average Bonchev–Trinajstić information content (AvgIpc) is 2.81. The summed E-state index contributed by atoms with van der Waals surface area (Å²) in [6.45, 7) is 6.44. The van der Waals surface area contributed by atoms with Gasteiger partial charge in [0.2, 0.25) is 0 Å². The molecule has 2 aromatic rings. The smallest absolute Gasteiger partial charge is 0.268 e. The quantitative estimate of drug-likeness (QED) is 0.878. The number of aromatic nitrogens is 3. The highest BCUT2D eigenvalue weighted by Crippen LogP contribution is 2.17. The first-order valence-electron chi connectivity index (χ1n) is 6.01. The topological polar surface area (TPSA) is 79.8 Å². The fourth-order valence-corrected chi connectivity index (χ4v) is 2.54. The van der Waals surface area contributed by atoms with E-state index in [1.165, 1.54) is 16.0 Å². The molecule has 2 N–H and O–H groups in total. The van der Waals surface area contributed by atoms with E-state index >= 15 is 0 Å². The Balaban J connectivity index is 2.33. The Kier molecular flexibility index (Phi) is 3.84. The number of nitrogens with one attached hydrogen (secondary N) is 2. The molecule has 0 amide bonds. The van der Waals surface area contributed by atoms with Gasteiger partial charge >= 0.3 is 0 Å². The third-order valence-corrected chi connectivity index (χ3v) is 3.84. The van der Waals surface area contributed by atoms with Crippen molar-refractivity contribution >= 4 is 16.5 Å². The Morgan fingerprint density at radius 1 is 1.37 bits per heavy atom. The van der Waals surface area contributed by atoms with E-state index < -0.39 is 0 Å². The van der Waals surface area contributed by atoms with Crippen molar-refractivity contribution in [3.63, 3.8) is 0 Å². The normalized spacial score (nSPS) is 10.7. The molecule has 0 saturated heterocycles. The molecule has 0 saturated carbocycles. The molecule has 0 spiro atoms. The summed E-state index contributed by atoms with van der Waals surface area (Å²) < 4.78 is 1.33. The van der Waals surface area contributed by atoms with Crippen LogP contribution in [-0.4, -0.2) is 21.3 Å². The highest BCUT2D eigenvalue weighted by Gasteiger charge is 2.09. The van der Waals surface area contributed by atoms with Gasteiger partial charge in [0.1, 0.15) is 0 Å². The molecule has 19 heavy (non-hydrogen) atoms. The third-order valence-electron chi connectivity index (χ3n) is 2.90. The number of anilines is 1. The van der Waals surface area contributed by atoms with E-state index in [0.29, 0.717) is 17.7 Å². The molecule has 0 aliphatic carbocycles. The van der Waals surface area contributed by atoms with Crippen LogP contribution in [-0.2, 0) is 6.54 Å². The number of thiazole rings is 1. The first-order valence-corrected chi connectivity index (χ1v) is 6.83. The molecule has 0 aliphatic rings. The summed E-state index contributed by atoms with van der Waals surface area (Å²) in [4.78, 5) is 28.8. The van der Waals surface area contributed by atoms with E-state index in [1.54, 1.807) is 20.0 Å². The van der Waals surface area contributed by atoms with Crippen molar-refractivity contribution in [3.8, 4) is 0 Å². The minimum absolute atomic E-state index is 0.171. The highest BCUT2D eigenvalue weighted by atomic mass is 32.1. The van der Waals surface area contributed by atoms with Gasteiger partial charge in [-0.05, 0) is 20.8 Å². The molecule has 0 fully saturated rings. The van der Waals surface area contributed by atoms with Crippen LogP contribution in [0.25, 0.3) is 0 Å². The summed E-state index contributed by atoms with van der Waals surface area (Å²) in [5.41, 5.74) is 0.558. The van der Waals surface area contributed by atoms with E-state index in [4.69, 9.17) is 0 Å². The Morgan fingerprint density at radius 2 is 2.11 bits per heavy atom. The fraction of sp³-hybridized carbons (Fsp3) is 0.417. The summed E-state index contributed by atoms with van der Waals surface area (Å²) in [7, 11) is 0. The largest absolute Gasteiger partial charge is 0.362 e. The van der Waals surface area contributed by atoms with Crippen molar-refractivity contribution < 1.29 is 0 Å². The zero-order valence-electron chi connectivity index (χ0n) is 11.1. The molecule has 0 atom stereocenters. The molecule has 2 heterocycles. The minimum Gasteiger partial charge on any atom is -0.362 e. The van der Waals surface area contributed by atoms with Gasteiger partial charge in [0.25, 0.3) is 11.1 Å². The van der Waals surface area contributed by atoms with E-state index in [-0.39, 0.29) is 11.1 Å². The molecule has 0 aromatic carbocycles. The molecule has 0 aliphatic heterocycles. The van der Waals surface area contributed by atoms with Crippen molar-refractivity contribution in [2.75, 3.05) is 11.9 Å². The Bertz CT molecular complexity index is 698. The van der Waals surface area contributed by atoms with Gasteiger partial charge in [-0.1, -0.05) is 0 Å². The van der Waals surface area contributed by atoms with Crippen LogP contribution < -0.4 is 16.4 Å². The molecule has 2 aromatic heterocycles. The van der Waals surface area contributed by atoms with Crippen LogP contribution in [0.15, 0.2) is 15.8 Å². The molecule has 0 bridgehead atoms. The molecular formula is C12H16N4O2S. The zero-order chi connectivity index (χ0) is 14.0. The fourth-order valence-electron chi connectivity index (χ4n) is 1.67. The van der Waals surface area contributed by atoms with Gasteiger partial charge in [-0.2, -0.15) is 0 Å². The van der Waals surface area contributed by atoms with Crippen LogP contribution >= 0.6 is 11.3 Å². The molecule has 0 radical (unpaired) electrons. The van der Waals surface area contributed by atoms with Crippen LogP contribution in [0.5, 0.6) is 0 Å². The summed E-state index contributed by atoms with van der Waals surface area (Å²) in [5.74, 6) is 0. The maximum Gasteiger partial charge on any atom is 0.268 e. The molecule has 7 heteroatoms. The van der Waals surface area contributed by atoms with Crippen LogP contribution in [0.3, 0.4) is 0 Å². The Labute approximate surface area is 114 Å². The van der Waals surface area contributed by atoms with Gasteiger partial charge in [0, 0.05) is 28.7 Å². The van der Waals surface area contributed by atoms with Crippen molar-refractivity contribution in [1.82, 2.24) is 14.8 Å². The first-order chi connectivity index (χ1) is 9.02. The second-order valence-electron chi connectivity index (χ2n) is 4.24. The predicted molar refractivity (Wildman–Crippen MR) is 76.2 cm³/mol.